The Morgan fingerprint density at radius 1 is 0.548 bits per heavy atom. The van der Waals surface area contributed by atoms with E-state index in [1.165, 1.54) is 128 Å². The lowest BCUT2D eigenvalue weighted by Crippen LogP contribution is -2.22. The fraction of sp³-hybridized carbons (Fsp3) is 0.964. The van der Waals surface area contributed by atoms with E-state index in [1.807, 2.05) is 0 Å². The van der Waals surface area contributed by atoms with Crippen molar-refractivity contribution in [1.29, 1.82) is 0 Å². The van der Waals surface area contributed by atoms with Crippen LogP contribution in [0.5, 0.6) is 0 Å². The second-order valence-electron chi connectivity index (χ2n) is 9.48. The average molecular weight is 441 g/mol. The van der Waals surface area contributed by atoms with E-state index in [-0.39, 0.29) is 0 Å². The van der Waals surface area contributed by atoms with Crippen molar-refractivity contribution >= 4 is 5.97 Å². The average Bonchev–Trinajstić information content (AvgIpc) is 2.77. The molecular weight excluding hydrogens is 384 g/mol. The van der Waals surface area contributed by atoms with Crippen LogP contribution >= 0.6 is 0 Å². The van der Waals surface area contributed by atoms with Crippen LogP contribution in [0.15, 0.2) is 0 Å². The molecule has 0 saturated carbocycles. The zero-order valence-corrected chi connectivity index (χ0v) is 21.3. The van der Waals surface area contributed by atoms with Crippen molar-refractivity contribution in [2.24, 2.45) is 0 Å². The van der Waals surface area contributed by atoms with Crippen molar-refractivity contribution in [3.05, 3.63) is 0 Å². The summed E-state index contributed by atoms with van der Waals surface area (Å²) in [5, 5.41) is 9.64. The van der Waals surface area contributed by atoms with Crippen molar-refractivity contribution in [3.63, 3.8) is 0 Å². The van der Waals surface area contributed by atoms with E-state index in [0.717, 1.165) is 12.8 Å². The second-order valence-corrected chi connectivity index (χ2v) is 9.48. The van der Waals surface area contributed by atoms with Gasteiger partial charge in [-0.2, -0.15) is 0 Å². The molecule has 0 bridgehead atoms. The number of rotatable bonds is 25. The topological polar surface area (TPSA) is 46.5 Å². The van der Waals surface area contributed by atoms with Crippen LogP contribution in [-0.2, 0) is 9.53 Å². The fourth-order valence-electron chi connectivity index (χ4n) is 4.30. The molecule has 0 spiro atoms. The van der Waals surface area contributed by atoms with Gasteiger partial charge in [0, 0.05) is 0 Å². The van der Waals surface area contributed by atoms with Gasteiger partial charge in [0.1, 0.15) is 0 Å². The van der Waals surface area contributed by atoms with E-state index in [4.69, 9.17) is 4.74 Å². The van der Waals surface area contributed by atoms with Crippen LogP contribution in [0.1, 0.15) is 162 Å². The van der Waals surface area contributed by atoms with Crippen LogP contribution in [0.3, 0.4) is 0 Å². The first kappa shape index (κ1) is 30.4. The summed E-state index contributed by atoms with van der Waals surface area (Å²) in [6.45, 7) is 4.40. The summed E-state index contributed by atoms with van der Waals surface area (Å²) in [4.78, 5) is 11.3. The Kier molecular flexibility index (Phi) is 25.2. The van der Waals surface area contributed by atoms with Gasteiger partial charge in [-0.05, 0) is 13.3 Å². The molecule has 0 aliphatic rings. The first-order valence-electron chi connectivity index (χ1n) is 14.1. The van der Waals surface area contributed by atoms with Crippen molar-refractivity contribution in [2.75, 3.05) is 6.61 Å². The Balaban J connectivity index is 3.10. The summed E-state index contributed by atoms with van der Waals surface area (Å²) in [6, 6.07) is 0. The zero-order valence-electron chi connectivity index (χ0n) is 21.3. The molecule has 3 nitrogen and oxygen atoms in total. The van der Waals surface area contributed by atoms with Crippen molar-refractivity contribution < 1.29 is 14.6 Å². The molecule has 1 N–H and O–H groups in total. The Morgan fingerprint density at radius 2 is 0.839 bits per heavy atom. The number of esters is 1. The number of unbranched alkanes of at least 4 members (excludes halogenated alkanes) is 21. The minimum atomic E-state index is -0.926. The molecule has 0 saturated heterocycles. The lowest BCUT2D eigenvalue weighted by molar-refractivity contribution is -0.153. The molecule has 0 fully saturated rings. The third-order valence-corrected chi connectivity index (χ3v) is 6.39. The smallest absolute Gasteiger partial charge is 0.334 e. The predicted octanol–water partition coefficient (Wildman–Crippen LogP) is 8.90. The monoisotopic (exact) mass is 440 g/mol. The Hall–Kier alpha value is -0.570. The maximum Gasteiger partial charge on any atom is 0.334 e. The highest BCUT2D eigenvalue weighted by molar-refractivity contribution is 5.74. The molecule has 31 heavy (non-hydrogen) atoms. The molecule has 0 amide bonds. The van der Waals surface area contributed by atoms with Gasteiger partial charge in [0.2, 0.25) is 0 Å². The Labute approximate surface area is 195 Å². The molecule has 0 aliphatic carbocycles. The van der Waals surface area contributed by atoms with E-state index >= 15 is 0 Å². The predicted molar refractivity (Wildman–Crippen MR) is 135 cm³/mol. The molecule has 0 aliphatic heterocycles. The maximum atomic E-state index is 11.3. The molecule has 1 atom stereocenters. The van der Waals surface area contributed by atoms with Crippen LogP contribution in [0, 0.1) is 0 Å². The van der Waals surface area contributed by atoms with Gasteiger partial charge < -0.3 is 9.84 Å². The second kappa shape index (κ2) is 25.7. The normalized spacial score (nSPS) is 12.2. The van der Waals surface area contributed by atoms with Crippen LogP contribution in [0.25, 0.3) is 0 Å². The number of carbonyl (C=O) groups excluding carboxylic acids is 1. The first-order valence-corrected chi connectivity index (χ1v) is 14.1. The van der Waals surface area contributed by atoms with Crippen LogP contribution in [-0.4, -0.2) is 23.8 Å². The van der Waals surface area contributed by atoms with Crippen molar-refractivity contribution in [1.82, 2.24) is 0 Å². The molecule has 0 aromatic carbocycles. The van der Waals surface area contributed by atoms with Gasteiger partial charge in [0.15, 0.2) is 6.10 Å². The number of carbonyl (C=O) groups is 1. The van der Waals surface area contributed by atoms with Crippen LogP contribution in [0.4, 0.5) is 0 Å². The fourth-order valence-corrected chi connectivity index (χ4v) is 4.30. The lowest BCUT2D eigenvalue weighted by Gasteiger charge is -2.09. The van der Waals surface area contributed by atoms with E-state index in [9.17, 15) is 9.90 Å². The van der Waals surface area contributed by atoms with Gasteiger partial charge >= 0.3 is 5.97 Å². The number of hydrogen-bond acceptors (Lipinski definition) is 3. The third-order valence-electron chi connectivity index (χ3n) is 6.39. The van der Waals surface area contributed by atoms with Gasteiger partial charge in [0.25, 0.3) is 0 Å². The summed E-state index contributed by atoms with van der Waals surface area (Å²) in [5.74, 6) is -0.467. The molecule has 0 aromatic rings. The molecule has 0 unspecified atom stereocenters. The molecule has 3 heteroatoms. The summed E-state index contributed by atoms with van der Waals surface area (Å²) in [5.41, 5.74) is 0. The van der Waals surface area contributed by atoms with Crippen LogP contribution < -0.4 is 0 Å². The third kappa shape index (κ3) is 23.9. The van der Waals surface area contributed by atoms with Crippen molar-refractivity contribution in [3.8, 4) is 0 Å². The number of aliphatic hydroxyl groups is 1. The minimum absolute atomic E-state index is 0.343. The van der Waals surface area contributed by atoms with Gasteiger partial charge in [-0.25, -0.2) is 4.79 Å². The van der Waals surface area contributed by atoms with Crippen molar-refractivity contribution in [2.45, 2.75) is 168 Å². The van der Waals surface area contributed by atoms with E-state index in [2.05, 4.69) is 6.92 Å². The quantitative estimate of drug-likeness (QED) is 0.114. The lowest BCUT2D eigenvalue weighted by atomic mass is 10.0. The standard InChI is InChI=1S/C28H56O3/c1-3-5-6-7-8-9-10-11-12-13-14-15-16-17-18-19-20-21-22-23-24-25-26-27(29)28(30)31-4-2/h27,29H,3-26H2,1-2H3/t27-/m1/s1. The molecule has 0 radical (unpaired) electrons. The maximum absolute atomic E-state index is 11.3. The molecule has 0 rings (SSSR count). The molecule has 186 valence electrons. The van der Waals surface area contributed by atoms with Gasteiger partial charge in [-0.1, -0.05) is 148 Å². The summed E-state index contributed by atoms with van der Waals surface area (Å²) >= 11 is 0. The number of aliphatic hydroxyl groups excluding tert-OH is 1. The number of ether oxygens (including phenoxy) is 1. The Morgan fingerprint density at radius 3 is 1.13 bits per heavy atom. The van der Waals surface area contributed by atoms with E-state index in [0.29, 0.717) is 13.0 Å². The zero-order chi connectivity index (χ0) is 22.8. The van der Waals surface area contributed by atoms with E-state index < -0.39 is 12.1 Å². The van der Waals surface area contributed by atoms with Gasteiger partial charge in [-0.15, -0.1) is 0 Å². The highest BCUT2D eigenvalue weighted by Gasteiger charge is 2.14. The molecule has 0 heterocycles. The first-order chi connectivity index (χ1) is 15.2. The highest BCUT2D eigenvalue weighted by atomic mass is 16.5. The van der Waals surface area contributed by atoms with Crippen LogP contribution in [0.2, 0.25) is 0 Å². The Bertz CT molecular complexity index is 356. The number of hydrogen-bond donors (Lipinski definition) is 1. The SMILES string of the molecule is CCCCCCCCCCCCCCCCCCCCCCCC[C@@H](O)C(=O)OCC. The molecular formula is C28H56O3. The minimum Gasteiger partial charge on any atom is -0.464 e. The molecule has 0 aromatic heterocycles. The summed E-state index contributed by atoms with van der Waals surface area (Å²) in [6.07, 6.45) is 29.8. The van der Waals surface area contributed by atoms with Gasteiger partial charge in [0.05, 0.1) is 6.61 Å². The highest BCUT2D eigenvalue weighted by Crippen LogP contribution is 2.15. The van der Waals surface area contributed by atoms with Gasteiger partial charge in [-0.3, -0.25) is 0 Å². The summed E-state index contributed by atoms with van der Waals surface area (Å²) in [7, 11) is 0. The largest absolute Gasteiger partial charge is 0.464 e. The summed E-state index contributed by atoms with van der Waals surface area (Å²) < 4.78 is 4.81. The van der Waals surface area contributed by atoms with E-state index in [1.54, 1.807) is 6.92 Å².